The number of pyridine rings is 1. The number of hydrogen-bond acceptors (Lipinski definition) is 5. The molecule has 1 saturated carbocycles. The van der Waals surface area contributed by atoms with Gasteiger partial charge in [-0.2, -0.15) is 0 Å². The Morgan fingerprint density at radius 3 is 2.63 bits per heavy atom. The minimum atomic E-state index is -1.33. The summed E-state index contributed by atoms with van der Waals surface area (Å²) in [5, 5.41) is 12.5. The van der Waals surface area contributed by atoms with Crippen molar-refractivity contribution in [1.82, 2.24) is 9.88 Å². The second-order valence-corrected chi connectivity index (χ2v) is 6.67. The number of benzene rings is 1. The number of nitrogens with one attached hydrogen (secondary N) is 1. The average molecular weight is 399 g/mol. The van der Waals surface area contributed by atoms with Crippen LogP contribution in [0.3, 0.4) is 0 Å². The fourth-order valence-electron chi connectivity index (χ4n) is 3.42. The van der Waals surface area contributed by atoms with Crippen LogP contribution in [0.4, 0.5) is 4.39 Å². The Balaban J connectivity index is 0.00000210. The number of aromatic carboxylic acids is 1. The highest BCUT2D eigenvalue weighted by Crippen LogP contribution is 2.43. The lowest BCUT2D eigenvalue weighted by atomic mass is 10.1. The topological polar surface area (TPSA) is 89.8 Å². The van der Waals surface area contributed by atoms with E-state index in [0.717, 1.165) is 31.9 Å². The van der Waals surface area contributed by atoms with Crippen molar-refractivity contribution in [1.29, 1.82) is 0 Å². The van der Waals surface area contributed by atoms with Crippen molar-refractivity contribution in [2.75, 3.05) is 20.2 Å². The lowest BCUT2D eigenvalue weighted by molar-refractivity contribution is 0.0695. The van der Waals surface area contributed by atoms with E-state index < -0.39 is 17.2 Å². The molecule has 146 valence electrons. The van der Waals surface area contributed by atoms with Gasteiger partial charge >= 0.3 is 5.97 Å². The molecule has 1 aromatic carbocycles. The predicted molar refractivity (Wildman–Crippen MR) is 99.1 cm³/mol. The molecule has 0 bridgehead atoms. The van der Waals surface area contributed by atoms with E-state index >= 15 is 0 Å². The van der Waals surface area contributed by atoms with E-state index in [9.17, 15) is 19.1 Å². The Morgan fingerprint density at radius 1 is 1.33 bits per heavy atom. The highest BCUT2D eigenvalue weighted by molar-refractivity contribution is 5.95. The molecule has 1 unspecified atom stereocenters. The number of rotatable bonds is 5. The van der Waals surface area contributed by atoms with Crippen molar-refractivity contribution in [2.45, 2.75) is 31.4 Å². The molecule has 1 aliphatic heterocycles. The maximum absolute atomic E-state index is 14.8. The molecule has 27 heavy (non-hydrogen) atoms. The summed E-state index contributed by atoms with van der Waals surface area (Å²) in [6.07, 6.45) is 3.61. The van der Waals surface area contributed by atoms with E-state index in [2.05, 4.69) is 5.32 Å². The fraction of sp³-hybridized carbons (Fsp3) is 0.444. The lowest BCUT2D eigenvalue weighted by Crippen LogP contribution is -2.22. The highest BCUT2D eigenvalue weighted by atomic mass is 35.5. The second-order valence-electron chi connectivity index (χ2n) is 6.67. The van der Waals surface area contributed by atoms with Gasteiger partial charge in [-0.05, 0) is 31.9 Å². The molecule has 0 radical (unpaired) electrons. The van der Waals surface area contributed by atoms with Crippen LogP contribution >= 0.6 is 12.4 Å². The number of ether oxygens (including phenoxy) is 2. The average Bonchev–Trinajstić information content (AvgIpc) is 3.32. The first kappa shape index (κ1) is 19.4. The van der Waals surface area contributed by atoms with E-state index in [4.69, 9.17) is 9.47 Å². The smallest absolute Gasteiger partial charge is 0.341 e. The van der Waals surface area contributed by atoms with Crippen LogP contribution in [0, 0.1) is 5.82 Å². The summed E-state index contributed by atoms with van der Waals surface area (Å²) >= 11 is 0. The molecule has 1 aromatic heterocycles. The monoisotopic (exact) mass is 398 g/mol. The second kappa shape index (κ2) is 7.36. The van der Waals surface area contributed by atoms with Crippen LogP contribution in [0.25, 0.3) is 10.9 Å². The molecule has 2 heterocycles. The summed E-state index contributed by atoms with van der Waals surface area (Å²) in [5.41, 5.74) is -0.720. The molecule has 9 heteroatoms. The number of carbonyl (C=O) groups is 1. The Bertz CT molecular complexity index is 951. The van der Waals surface area contributed by atoms with Crippen molar-refractivity contribution < 1.29 is 23.8 Å². The van der Waals surface area contributed by atoms with Gasteiger partial charge in [0.2, 0.25) is 5.43 Å². The van der Waals surface area contributed by atoms with Crippen LogP contribution in [0.5, 0.6) is 11.5 Å². The van der Waals surface area contributed by atoms with Gasteiger partial charge in [0.1, 0.15) is 11.7 Å². The predicted octanol–water partition coefficient (Wildman–Crippen LogP) is 2.34. The van der Waals surface area contributed by atoms with Crippen LogP contribution < -0.4 is 20.2 Å². The zero-order chi connectivity index (χ0) is 18.4. The maximum Gasteiger partial charge on any atom is 0.341 e. The van der Waals surface area contributed by atoms with Crippen molar-refractivity contribution in [2.24, 2.45) is 0 Å². The first-order valence-electron chi connectivity index (χ1n) is 8.57. The van der Waals surface area contributed by atoms with Gasteiger partial charge < -0.3 is 24.5 Å². The van der Waals surface area contributed by atoms with E-state index in [-0.39, 0.29) is 47.0 Å². The van der Waals surface area contributed by atoms with Gasteiger partial charge in [0.05, 0.1) is 18.0 Å². The Labute approximate surface area is 160 Å². The molecule has 2 aliphatic rings. The molecule has 0 amide bonds. The standard InChI is InChI=1S/C18H19FN2O5.ClH/c1-25-17-14-11(6-13(19)16(17)26-10-4-5-20-7-10)15(22)12(18(23)24)8-21(14)9-2-3-9;/h6,8-10,20H,2-5,7H2,1H3,(H,23,24);1H. The van der Waals surface area contributed by atoms with Crippen LogP contribution in [-0.2, 0) is 0 Å². The van der Waals surface area contributed by atoms with Crippen LogP contribution in [0.15, 0.2) is 17.1 Å². The lowest BCUT2D eigenvalue weighted by Gasteiger charge is -2.20. The minimum absolute atomic E-state index is 0. The fourth-order valence-corrected chi connectivity index (χ4v) is 3.42. The number of methoxy groups -OCH3 is 1. The molecular weight excluding hydrogens is 379 g/mol. The third-order valence-corrected chi connectivity index (χ3v) is 4.85. The molecule has 4 rings (SSSR count). The summed E-state index contributed by atoms with van der Waals surface area (Å²) < 4.78 is 27.7. The third-order valence-electron chi connectivity index (χ3n) is 4.85. The summed E-state index contributed by atoms with van der Waals surface area (Å²) in [4.78, 5) is 24.0. The first-order chi connectivity index (χ1) is 12.5. The molecular formula is C18H20ClFN2O5. The Hall–Kier alpha value is -2.32. The van der Waals surface area contributed by atoms with Crippen LogP contribution in [-0.4, -0.2) is 41.9 Å². The molecule has 2 aromatic rings. The van der Waals surface area contributed by atoms with Gasteiger partial charge in [-0.15, -0.1) is 12.4 Å². The number of nitrogens with zero attached hydrogens (tertiary/aromatic N) is 1. The molecule has 2 fully saturated rings. The number of hydrogen-bond donors (Lipinski definition) is 2. The Kier molecular flexibility index (Phi) is 5.30. The van der Waals surface area contributed by atoms with Crippen molar-refractivity contribution >= 4 is 29.3 Å². The van der Waals surface area contributed by atoms with E-state index in [1.807, 2.05) is 0 Å². The van der Waals surface area contributed by atoms with Gasteiger partial charge in [-0.1, -0.05) is 0 Å². The summed E-state index contributed by atoms with van der Waals surface area (Å²) in [6.45, 7) is 1.39. The van der Waals surface area contributed by atoms with Crippen molar-refractivity contribution in [3.8, 4) is 11.5 Å². The van der Waals surface area contributed by atoms with E-state index in [1.54, 1.807) is 4.57 Å². The molecule has 1 saturated heterocycles. The number of carboxylic acid groups (broad SMARTS) is 1. The molecule has 1 atom stereocenters. The van der Waals surface area contributed by atoms with Crippen LogP contribution in [0.1, 0.15) is 35.7 Å². The third kappa shape index (κ3) is 3.35. The zero-order valence-electron chi connectivity index (χ0n) is 14.7. The van der Waals surface area contributed by atoms with Crippen molar-refractivity contribution in [3.05, 3.63) is 33.9 Å². The summed E-state index contributed by atoms with van der Waals surface area (Å²) in [7, 11) is 1.39. The molecule has 2 N–H and O–H groups in total. The van der Waals surface area contributed by atoms with Crippen molar-refractivity contribution in [3.63, 3.8) is 0 Å². The first-order valence-corrected chi connectivity index (χ1v) is 8.57. The molecule has 1 aliphatic carbocycles. The maximum atomic E-state index is 14.8. The van der Waals surface area contributed by atoms with Gasteiger partial charge in [-0.25, -0.2) is 9.18 Å². The van der Waals surface area contributed by atoms with Gasteiger partial charge in [0, 0.05) is 18.8 Å². The number of halogens is 2. The zero-order valence-corrected chi connectivity index (χ0v) is 15.5. The largest absolute Gasteiger partial charge is 0.491 e. The van der Waals surface area contributed by atoms with Gasteiger partial charge in [-0.3, -0.25) is 4.79 Å². The van der Waals surface area contributed by atoms with Gasteiger partial charge in [0.15, 0.2) is 17.3 Å². The molecule has 7 nitrogen and oxygen atoms in total. The number of carboxylic acids is 1. The molecule has 0 spiro atoms. The minimum Gasteiger partial charge on any atom is -0.491 e. The van der Waals surface area contributed by atoms with E-state index in [1.165, 1.54) is 13.3 Å². The van der Waals surface area contributed by atoms with E-state index in [0.29, 0.717) is 12.1 Å². The summed E-state index contributed by atoms with van der Waals surface area (Å²) in [6, 6.07) is 1.13. The number of fused-ring (bicyclic) bond motifs is 1. The quantitative estimate of drug-likeness (QED) is 0.803. The van der Waals surface area contributed by atoms with Crippen LogP contribution in [0.2, 0.25) is 0 Å². The Morgan fingerprint density at radius 2 is 2.07 bits per heavy atom. The normalized spacial score (nSPS) is 19.0. The highest BCUT2D eigenvalue weighted by Gasteiger charge is 2.31. The number of aromatic nitrogens is 1. The SMILES string of the molecule is COc1c(OC2CCNC2)c(F)cc2c(=O)c(C(=O)O)cn(C3CC3)c12.Cl. The summed E-state index contributed by atoms with van der Waals surface area (Å²) in [5.74, 6) is -1.97. The van der Waals surface area contributed by atoms with Gasteiger partial charge in [0.25, 0.3) is 0 Å².